The minimum absolute atomic E-state index is 0.289. The zero-order valence-electron chi connectivity index (χ0n) is 12.0. The lowest BCUT2D eigenvalue weighted by Gasteiger charge is -2.39. The van der Waals surface area contributed by atoms with E-state index in [1.807, 2.05) is 0 Å². The van der Waals surface area contributed by atoms with Crippen LogP contribution in [0.4, 0.5) is 0 Å². The van der Waals surface area contributed by atoms with Gasteiger partial charge in [0.2, 0.25) is 0 Å². The molecule has 3 atom stereocenters. The molecule has 16 heavy (non-hydrogen) atoms. The molecule has 0 spiro atoms. The van der Waals surface area contributed by atoms with E-state index in [2.05, 4.69) is 47.7 Å². The van der Waals surface area contributed by atoms with Crippen molar-refractivity contribution in [3.63, 3.8) is 0 Å². The molecule has 0 aromatic rings. The predicted octanol–water partition coefficient (Wildman–Crippen LogP) is 3.96. The predicted molar refractivity (Wildman–Crippen MR) is 71.3 cm³/mol. The Morgan fingerprint density at radius 2 is 1.88 bits per heavy atom. The molecule has 0 radical (unpaired) electrons. The summed E-state index contributed by atoms with van der Waals surface area (Å²) in [6.07, 6.45) is 3.11. The topological polar surface area (TPSA) is 18.5 Å². The molecule has 1 unspecified atom stereocenters. The largest absolute Gasteiger partial charge is 0.411 e. The molecule has 1 aliphatic heterocycles. The van der Waals surface area contributed by atoms with Crippen LogP contribution in [0.1, 0.15) is 47.5 Å². The Morgan fingerprint density at radius 1 is 1.31 bits per heavy atom. The van der Waals surface area contributed by atoms with E-state index < -0.39 is 8.32 Å². The van der Waals surface area contributed by atoms with E-state index >= 15 is 0 Å². The maximum absolute atomic E-state index is 6.45. The summed E-state index contributed by atoms with van der Waals surface area (Å²) < 4.78 is 12.3. The van der Waals surface area contributed by atoms with E-state index in [9.17, 15) is 0 Å². The van der Waals surface area contributed by atoms with E-state index in [0.29, 0.717) is 18.3 Å². The molecular weight excluding hydrogens is 216 g/mol. The summed E-state index contributed by atoms with van der Waals surface area (Å²) in [6.45, 7) is 15.9. The fraction of sp³-hybridized carbons (Fsp3) is 1.00. The minimum Gasteiger partial charge on any atom is -0.411 e. The highest BCUT2D eigenvalue weighted by atomic mass is 28.4. The molecule has 1 saturated heterocycles. The van der Waals surface area contributed by atoms with Crippen molar-refractivity contribution in [3.05, 3.63) is 0 Å². The highest BCUT2D eigenvalue weighted by Crippen LogP contribution is 2.39. The van der Waals surface area contributed by atoms with Gasteiger partial charge < -0.3 is 9.16 Å². The second kappa shape index (κ2) is 4.79. The van der Waals surface area contributed by atoms with Gasteiger partial charge in [-0.15, -0.1) is 0 Å². The fourth-order valence-electron chi connectivity index (χ4n) is 1.96. The van der Waals surface area contributed by atoms with Crippen molar-refractivity contribution in [3.8, 4) is 0 Å². The Morgan fingerprint density at radius 3 is 2.31 bits per heavy atom. The summed E-state index contributed by atoms with van der Waals surface area (Å²) in [4.78, 5) is 0. The molecule has 0 aromatic heterocycles. The molecule has 3 heteroatoms. The third-order valence-electron chi connectivity index (χ3n) is 4.04. The van der Waals surface area contributed by atoms with Crippen molar-refractivity contribution in [2.75, 3.05) is 0 Å². The van der Waals surface area contributed by atoms with Gasteiger partial charge in [0.05, 0.1) is 18.3 Å². The van der Waals surface area contributed by atoms with Gasteiger partial charge in [0.15, 0.2) is 8.32 Å². The van der Waals surface area contributed by atoms with Gasteiger partial charge in [-0.25, -0.2) is 0 Å². The molecule has 0 aliphatic carbocycles. The van der Waals surface area contributed by atoms with Gasteiger partial charge in [-0.2, -0.15) is 0 Å². The van der Waals surface area contributed by atoms with E-state index in [4.69, 9.17) is 9.16 Å². The molecule has 0 bridgehead atoms. The van der Waals surface area contributed by atoms with E-state index in [1.165, 1.54) is 0 Å². The first-order chi connectivity index (χ1) is 7.17. The second-order valence-corrected chi connectivity index (χ2v) is 11.3. The molecule has 0 N–H and O–H groups in total. The first-order valence-corrected chi connectivity index (χ1v) is 9.41. The summed E-state index contributed by atoms with van der Waals surface area (Å²) in [5.74, 6) is 0. The summed E-state index contributed by atoms with van der Waals surface area (Å²) >= 11 is 0. The van der Waals surface area contributed by atoms with Crippen LogP contribution in [0.3, 0.4) is 0 Å². The SMILES string of the molecule is CC[C@H]1O[C@@H](C)CC1O[Si](C)(C)C(C)(C)C. The van der Waals surface area contributed by atoms with Gasteiger partial charge in [0, 0.05) is 6.42 Å². The molecule has 1 heterocycles. The van der Waals surface area contributed by atoms with Crippen molar-refractivity contribution < 1.29 is 9.16 Å². The lowest BCUT2D eigenvalue weighted by atomic mass is 10.1. The first kappa shape index (κ1) is 14.2. The van der Waals surface area contributed by atoms with Crippen LogP contribution in [0.15, 0.2) is 0 Å². The zero-order chi connectivity index (χ0) is 12.6. The Bertz CT molecular complexity index is 233. The van der Waals surface area contributed by atoms with Gasteiger partial charge in [-0.1, -0.05) is 27.7 Å². The molecular formula is C13H28O2Si. The monoisotopic (exact) mass is 244 g/mol. The standard InChI is InChI=1S/C13H28O2Si/c1-8-11-12(9-10(2)14-11)15-16(6,7)13(3,4)5/h10-12H,8-9H2,1-7H3/t10-,11+,12?/m0/s1. The molecule has 1 fully saturated rings. The third kappa shape index (κ3) is 3.08. The van der Waals surface area contributed by atoms with Crippen molar-refractivity contribution >= 4 is 8.32 Å². The minimum atomic E-state index is -1.64. The second-order valence-electron chi connectivity index (χ2n) is 6.55. The van der Waals surface area contributed by atoms with Crippen LogP contribution in [-0.2, 0) is 9.16 Å². The van der Waals surface area contributed by atoms with E-state index in [1.54, 1.807) is 0 Å². The van der Waals surface area contributed by atoms with Gasteiger partial charge in [-0.3, -0.25) is 0 Å². The van der Waals surface area contributed by atoms with E-state index in [-0.39, 0.29) is 5.04 Å². The van der Waals surface area contributed by atoms with Gasteiger partial charge in [0.25, 0.3) is 0 Å². The van der Waals surface area contributed by atoms with Gasteiger partial charge in [0.1, 0.15) is 0 Å². The first-order valence-electron chi connectivity index (χ1n) is 6.50. The lowest BCUT2D eigenvalue weighted by Crippen LogP contribution is -2.45. The van der Waals surface area contributed by atoms with Crippen LogP contribution in [0.25, 0.3) is 0 Å². The normalized spacial score (nSPS) is 32.1. The van der Waals surface area contributed by atoms with Crippen molar-refractivity contribution in [1.29, 1.82) is 0 Å². The maximum atomic E-state index is 6.45. The highest BCUT2D eigenvalue weighted by molar-refractivity contribution is 6.74. The Labute approximate surface area is 102 Å². The van der Waals surface area contributed by atoms with Crippen LogP contribution in [0.2, 0.25) is 18.1 Å². The average Bonchev–Trinajstić information content (AvgIpc) is 2.43. The molecule has 0 amide bonds. The third-order valence-corrected chi connectivity index (χ3v) is 8.54. The molecule has 96 valence electrons. The fourth-order valence-corrected chi connectivity index (χ4v) is 3.32. The average molecular weight is 244 g/mol. The van der Waals surface area contributed by atoms with Gasteiger partial charge >= 0.3 is 0 Å². The lowest BCUT2D eigenvalue weighted by molar-refractivity contribution is 0.0180. The summed E-state index contributed by atoms with van der Waals surface area (Å²) in [5, 5.41) is 0.289. The van der Waals surface area contributed by atoms with Crippen LogP contribution < -0.4 is 0 Å². The summed E-state index contributed by atoms with van der Waals surface area (Å²) in [7, 11) is -1.64. The number of hydrogen-bond acceptors (Lipinski definition) is 2. The summed E-state index contributed by atoms with van der Waals surface area (Å²) in [5.41, 5.74) is 0. The quantitative estimate of drug-likeness (QED) is 0.700. The van der Waals surface area contributed by atoms with Gasteiger partial charge in [-0.05, 0) is 31.5 Å². The van der Waals surface area contributed by atoms with Crippen LogP contribution in [0, 0.1) is 0 Å². The smallest absolute Gasteiger partial charge is 0.192 e. The number of ether oxygens (including phenoxy) is 1. The van der Waals surface area contributed by atoms with Crippen molar-refractivity contribution in [2.24, 2.45) is 0 Å². The van der Waals surface area contributed by atoms with Crippen LogP contribution in [0.5, 0.6) is 0 Å². The molecule has 0 saturated carbocycles. The summed E-state index contributed by atoms with van der Waals surface area (Å²) in [6, 6.07) is 0. The molecule has 1 rings (SSSR count). The zero-order valence-corrected chi connectivity index (χ0v) is 13.0. The van der Waals surface area contributed by atoms with Crippen molar-refractivity contribution in [2.45, 2.75) is 83.9 Å². The van der Waals surface area contributed by atoms with Crippen LogP contribution >= 0.6 is 0 Å². The van der Waals surface area contributed by atoms with E-state index in [0.717, 1.165) is 12.8 Å². The number of hydrogen-bond donors (Lipinski definition) is 0. The molecule has 2 nitrogen and oxygen atoms in total. The molecule has 0 aromatic carbocycles. The van der Waals surface area contributed by atoms with Crippen molar-refractivity contribution in [1.82, 2.24) is 0 Å². The van der Waals surface area contributed by atoms with Crippen LogP contribution in [-0.4, -0.2) is 26.6 Å². The maximum Gasteiger partial charge on any atom is 0.192 e. The Hall–Kier alpha value is 0.137. The Balaban J connectivity index is 2.66. The highest BCUT2D eigenvalue weighted by Gasteiger charge is 2.43. The Kier molecular flexibility index (Phi) is 4.25. The molecule has 1 aliphatic rings. The number of rotatable bonds is 3.